The number of hydrogen-bond donors (Lipinski definition) is 2. The lowest BCUT2D eigenvalue weighted by atomic mass is 10.2. The van der Waals surface area contributed by atoms with Gasteiger partial charge in [-0.2, -0.15) is 0 Å². The molecule has 1 aromatic carbocycles. The topological polar surface area (TPSA) is 49.3 Å². The number of hydrogen-bond acceptors (Lipinski definition) is 3. The molecule has 1 aromatic rings. The van der Waals surface area contributed by atoms with E-state index in [9.17, 15) is 9.18 Å². The summed E-state index contributed by atoms with van der Waals surface area (Å²) in [5.41, 5.74) is 0.382. The first kappa shape index (κ1) is 11.3. The van der Waals surface area contributed by atoms with E-state index < -0.39 is 11.6 Å². The molecule has 0 aromatic heterocycles. The molecule has 0 radical (unpaired) electrons. The monoisotopic (exact) mass is 241 g/mol. The molecule has 2 rings (SSSR count). The average Bonchev–Trinajstić information content (AvgIpc) is 2.77. The second kappa shape index (κ2) is 4.74. The molecule has 1 heterocycles. The summed E-state index contributed by atoms with van der Waals surface area (Å²) in [4.78, 5) is 11.7. The largest absolute Gasteiger partial charge is 0.505 e. The maximum absolute atomic E-state index is 13.0. The van der Waals surface area contributed by atoms with Gasteiger partial charge in [0, 0.05) is 11.8 Å². The second-order valence-corrected chi connectivity index (χ2v) is 4.97. The molecule has 16 heavy (non-hydrogen) atoms. The molecule has 86 valence electrons. The van der Waals surface area contributed by atoms with Crippen LogP contribution in [0.5, 0.6) is 5.75 Å². The molecular formula is C11H12FNO2S. The van der Waals surface area contributed by atoms with Crippen molar-refractivity contribution in [3.8, 4) is 5.75 Å². The Hall–Kier alpha value is -1.23. The van der Waals surface area contributed by atoms with Crippen LogP contribution in [0.3, 0.4) is 0 Å². The lowest BCUT2D eigenvalue weighted by Gasteiger charge is -2.10. The van der Waals surface area contributed by atoms with Gasteiger partial charge in [0.1, 0.15) is 0 Å². The van der Waals surface area contributed by atoms with Crippen LogP contribution in [0.1, 0.15) is 12.8 Å². The third kappa shape index (κ3) is 2.47. The van der Waals surface area contributed by atoms with E-state index in [-0.39, 0.29) is 11.2 Å². The lowest BCUT2D eigenvalue weighted by molar-refractivity contribution is -0.115. The van der Waals surface area contributed by atoms with Gasteiger partial charge in [-0.1, -0.05) is 0 Å². The molecule has 0 saturated carbocycles. The van der Waals surface area contributed by atoms with Gasteiger partial charge in [-0.25, -0.2) is 4.39 Å². The van der Waals surface area contributed by atoms with E-state index in [2.05, 4.69) is 5.32 Å². The Labute approximate surface area is 97.0 Å². The normalized spacial score (nSPS) is 19.7. The zero-order valence-corrected chi connectivity index (χ0v) is 9.39. The third-order valence-corrected chi connectivity index (χ3v) is 3.81. The van der Waals surface area contributed by atoms with Gasteiger partial charge in [0.15, 0.2) is 11.6 Å². The van der Waals surface area contributed by atoms with Crippen LogP contribution in [-0.4, -0.2) is 22.0 Å². The number of amides is 1. The van der Waals surface area contributed by atoms with Crippen molar-refractivity contribution in [2.45, 2.75) is 18.1 Å². The van der Waals surface area contributed by atoms with Crippen molar-refractivity contribution in [3.63, 3.8) is 0 Å². The Morgan fingerprint density at radius 2 is 2.38 bits per heavy atom. The maximum Gasteiger partial charge on any atom is 0.237 e. The van der Waals surface area contributed by atoms with Crippen molar-refractivity contribution < 1.29 is 14.3 Å². The summed E-state index contributed by atoms with van der Waals surface area (Å²) in [7, 11) is 0. The molecule has 1 amide bonds. The molecule has 2 N–H and O–H groups in total. The third-order valence-electron chi connectivity index (χ3n) is 2.44. The molecular weight excluding hydrogens is 229 g/mol. The van der Waals surface area contributed by atoms with E-state index in [1.165, 1.54) is 12.1 Å². The summed E-state index contributed by atoms with van der Waals surface area (Å²) in [5, 5.41) is 11.6. The highest BCUT2D eigenvalue weighted by atomic mass is 32.2. The number of phenolic OH excluding ortho intramolecular Hbond substituents is 1. The fourth-order valence-electron chi connectivity index (χ4n) is 1.59. The number of benzene rings is 1. The Balaban J connectivity index is 2.02. The SMILES string of the molecule is O=C(Nc1ccc(O)c(F)c1)C1CCCS1. The first-order valence-corrected chi connectivity index (χ1v) is 6.12. The van der Waals surface area contributed by atoms with Gasteiger partial charge in [-0.05, 0) is 30.7 Å². The van der Waals surface area contributed by atoms with Gasteiger partial charge in [-0.3, -0.25) is 4.79 Å². The summed E-state index contributed by atoms with van der Waals surface area (Å²) in [5.74, 6) is -0.222. The molecule has 1 atom stereocenters. The predicted molar refractivity (Wildman–Crippen MR) is 62.2 cm³/mol. The van der Waals surface area contributed by atoms with Crippen LogP contribution in [-0.2, 0) is 4.79 Å². The highest BCUT2D eigenvalue weighted by Crippen LogP contribution is 2.27. The minimum absolute atomic E-state index is 0.0307. The maximum atomic E-state index is 13.0. The number of phenols is 1. The predicted octanol–water partition coefficient (Wildman–Crippen LogP) is 2.37. The molecule has 0 aliphatic carbocycles. The van der Waals surface area contributed by atoms with E-state index in [1.807, 2.05) is 0 Å². The summed E-state index contributed by atoms with van der Waals surface area (Å²) < 4.78 is 13.0. The smallest absolute Gasteiger partial charge is 0.237 e. The number of carbonyl (C=O) groups excluding carboxylic acids is 1. The van der Waals surface area contributed by atoms with Crippen LogP contribution in [0.15, 0.2) is 18.2 Å². The van der Waals surface area contributed by atoms with Crippen molar-refractivity contribution >= 4 is 23.4 Å². The summed E-state index contributed by atoms with van der Waals surface area (Å²) in [6.45, 7) is 0. The van der Waals surface area contributed by atoms with E-state index in [0.29, 0.717) is 5.69 Å². The minimum atomic E-state index is -0.725. The molecule has 3 nitrogen and oxygen atoms in total. The highest BCUT2D eigenvalue weighted by Gasteiger charge is 2.23. The Morgan fingerprint density at radius 3 is 3.00 bits per heavy atom. The van der Waals surface area contributed by atoms with Crippen molar-refractivity contribution in [2.75, 3.05) is 11.1 Å². The number of carbonyl (C=O) groups is 1. The zero-order chi connectivity index (χ0) is 11.5. The molecule has 1 aliphatic rings. The fraction of sp³-hybridized carbons (Fsp3) is 0.364. The van der Waals surface area contributed by atoms with Crippen molar-refractivity contribution in [1.82, 2.24) is 0 Å². The molecule has 0 bridgehead atoms. The number of nitrogens with one attached hydrogen (secondary N) is 1. The number of anilines is 1. The summed E-state index contributed by atoms with van der Waals surface area (Å²) in [6.07, 6.45) is 1.92. The van der Waals surface area contributed by atoms with Crippen molar-refractivity contribution in [2.24, 2.45) is 0 Å². The highest BCUT2D eigenvalue weighted by molar-refractivity contribution is 8.00. The van der Waals surface area contributed by atoms with Gasteiger partial charge in [0.05, 0.1) is 5.25 Å². The van der Waals surface area contributed by atoms with Gasteiger partial charge >= 0.3 is 0 Å². The van der Waals surface area contributed by atoms with Crippen LogP contribution in [0.25, 0.3) is 0 Å². The summed E-state index contributed by atoms with van der Waals surface area (Å²) >= 11 is 1.62. The molecule has 0 spiro atoms. The molecule has 1 unspecified atom stereocenters. The van der Waals surface area contributed by atoms with Gasteiger partial charge in [0.25, 0.3) is 0 Å². The van der Waals surface area contributed by atoms with E-state index in [1.54, 1.807) is 11.8 Å². The van der Waals surface area contributed by atoms with Gasteiger partial charge < -0.3 is 10.4 Å². The van der Waals surface area contributed by atoms with Crippen LogP contribution < -0.4 is 5.32 Å². The van der Waals surface area contributed by atoms with E-state index in [0.717, 1.165) is 24.7 Å². The Kier molecular flexibility index (Phi) is 3.33. The Morgan fingerprint density at radius 1 is 1.56 bits per heavy atom. The minimum Gasteiger partial charge on any atom is -0.505 e. The van der Waals surface area contributed by atoms with Crippen molar-refractivity contribution in [3.05, 3.63) is 24.0 Å². The van der Waals surface area contributed by atoms with Crippen molar-refractivity contribution in [1.29, 1.82) is 0 Å². The molecule has 5 heteroatoms. The number of thioether (sulfide) groups is 1. The van der Waals surface area contributed by atoms with E-state index >= 15 is 0 Å². The fourth-order valence-corrected chi connectivity index (χ4v) is 2.75. The van der Waals surface area contributed by atoms with Crippen LogP contribution in [0.2, 0.25) is 0 Å². The lowest BCUT2D eigenvalue weighted by Crippen LogP contribution is -2.22. The standard InChI is InChI=1S/C11H12FNO2S/c12-8-6-7(3-4-9(8)14)13-11(15)10-2-1-5-16-10/h3-4,6,10,14H,1-2,5H2,(H,13,15). The second-order valence-electron chi connectivity index (χ2n) is 3.66. The van der Waals surface area contributed by atoms with E-state index in [4.69, 9.17) is 5.11 Å². The van der Waals surface area contributed by atoms with Crippen LogP contribution in [0.4, 0.5) is 10.1 Å². The van der Waals surface area contributed by atoms with Crippen LogP contribution in [0, 0.1) is 5.82 Å². The van der Waals surface area contributed by atoms with Gasteiger partial charge in [0.2, 0.25) is 5.91 Å². The first-order chi connectivity index (χ1) is 7.66. The van der Waals surface area contributed by atoms with Gasteiger partial charge in [-0.15, -0.1) is 11.8 Å². The molecule has 1 saturated heterocycles. The average molecular weight is 241 g/mol. The quantitative estimate of drug-likeness (QED) is 0.781. The van der Waals surface area contributed by atoms with Crippen LogP contribution >= 0.6 is 11.8 Å². The molecule has 1 fully saturated rings. The summed E-state index contributed by atoms with van der Waals surface area (Å²) in [6, 6.07) is 3.83. The Bertz CT molecular complexity index is 405. The first-order valence-electron chi connectivity index (χ1n) is 5.08. The number of halogens is 1. The number of aromatic hydroxyl groups is 1. The molecule has 1 aliphatic heterocycles. The number of rotatable bonds is 2. The zero-order valence-electron chi connectivity index (χ0n) is 8.57.